The van der Waals surface area contributed by atoms with Crippen LogP contribution in [0.3, 0.4) is 0 Å². The molecule has 3 rings (SSSR count). The van der Waals surface area contributed by atoms with E-state index in [1.807, 2.05) is 0 Å². The van der Waals surface area contributed by atoms with Crippen LogP contribution in [0.15, 0.2) is 42.7 Å². The molecular formula is C17H10ClN5O4. The van der Waals surface area contributed by atoms with Crippen molar-refractivity contribution < 1.29 is 19.4 Å². The van der Waals surface area contributed by atoms with Crippen molar-refractivity contribution in [3.05, 3.63) is 58.9 Å². The first-order valence-electron chi connectivity index (χ1n) is 7.39. The molecule has 0 unspecified atom stereocenters. The van der Waals surface area contributed by atoms with Gasteiger partial charge in [-0.25, -0.2) is 4.98 Å². The molecule has 3 N–H and O–H groups in total. The van der Waals surface area contributed by atoms with E-state index in [9.17, 15) is 14.7 Å². The number of aromatic amines is 1. The van der Waals surface area contributed by atoms with E-state index in [1.165, 1.54) is 30.3 Å². The quantitative estimate of drug-likeness (QED) is 0.454. The van der Waals surface area contributed by atoms with E-state index in [0.717, 1.165) is 6.20 Å². The van der Waals surface area contributed by atoms with Crippen LogP contribution in [-0.2, 0) is 0 Å². The standard InChI is InChI=1S/C17H10ClN5O4/c18-13-5-10(14(25)7-19)8-20-17(13)27-12-4-9(3-11(24)6-12)16(26)22-15-1-2-21-23-15/h1-6,8,24H,(H2,21,22,23,26). The SMILES string of the molecule is N#CC(=O)c1cnc(Oc2cc(O)cc(C(=O)Nc3cc[nH]n3)c2)c(Cl)c1. The van der Waals surface area contributed by atoms with Gasteiger partial charge in [0.25, 0.3) is 11.7 Å². The molecule has 3 aromatic rings. The fourth-order valence-electron chi connectivity index (χ4n) is 2.09. The number of amides is 1. The van der Waals surface area contributed by atoms with Gasteiger partial charge < -0.3 is 15.2 Å². The molecule has 0 aliphatic heterocycles. The molecule has 0 aliphatic rings. The summed E-state index contributed by atoms with van der Waals surface area (Å²) in [6.07, 6.45) is 2.68. The van der Waals surface area contributed by atoms with Crippen molar-refractivity contribution in [3.63, 3.8) is 0 Å². The maximum atomic E-state index is 12.2. The van der Waals surface area contributed by atoms with Crippen molar-refractivity contribution >= 4 is 29.1 Å². The number of phenols is 1. The van der Waals surface area contributed by atoms with Crippen LogP contribution in [0.2, 0.25) is 5.02 Å². The summed E-state index contributed by atoms with van der Waals surface area (Å²) in [5.41, 5.74) is 0.130. The third-order valence-corrected chi connectivity index (χ3v) is 3.55. The van der Waals surface area contributed by atoms with Crippen LogP contribution in [0.5, 0.6) is 17.4 Å². The number of nitrogens with zero attached hydrogens (tertiary/aromatic N) is 3. The number of aromatic nitrogens is 3. The summed E-state index contributed by atoms with van der Waals surface area (Å²) in [4.78, 5) is 27.5. The first kappa shape index (κ1) is 17.9. The summed E-state index contributed by atoms with van der Waals surface area (Å²) in [5.74, 6) is -1.17. The van der Waals surface area contributed by atoms with Gasteiger partial charge in [-0.2, -0.15) is 10.4 Å². The molecule has 9 nitrogen and oxygen atoms in total. The van der Waals surface area contributed by atoms with Gasteiger partial charge in [0.1, 0.15) is 22.6 Å². The predicted octanol–water partition coefficient (Wildman–Crippen LogP) is 2.91. The number of benzene rings is 1. The number of Topliss-reactive ketones (excluding diaryl/α,β-unsaturated/α-hetero) is 1. The van der Waals surface area contributed by atoms with Gasteiger partial charge in [-0.05, 0) is 18.2 Å². The maximum absolute atomic E-state index is 12.2. The molecule has 2 aromatic heterocycles. The Kier molecular flexibility index (Phi) is 5.01. The molecule has 0 fully saturated rings. The van der Waals surface area contributed by atoms with Crippen LogP contribution in [0.25, 0.3) is 0 Å². The highest BCUT2D eigenvalue weighted by Crippen LogP contribution is 2.30. The van der Waals surface area contributed by atoms with Gasteiger partial charge >= 0.3 is 0 Å². The van der Waals surface area contributed by atoms with Gasteiger partial charge in [0.15, 0.2) is 5.82 Å². The second-order valence-electron chi connectivity index (χ2n) is 5.18. The number of anilines is 1. The zero-order chi connectivity index (χ0) is 19.4. The number of nitriles is 1. The Morgan fingerprint density at radius 3 is 2.74 bits per heavy atom. The fourth-order valence-corrected chi connectivity index (χ4v) is 2.30. The molecule has 0 bridgehead atoms. The highest BCUT2D eigenvalue weighted by molar-refractivity contribution is 6.32. The number of carbonyl (C=O) groups excluding carboxylic acids is 2. The zero-order valence-corrected chi connectivity index (χ0v) is 14.2. The number of hydrogen-bond acceptors (Lipinski definition) is 7. The fraction of sp³-hybridized carbons (Fsp3) is 0. The summed E-state index contributed by atoms with van der Waals surface area (Å²) in [6, 6.07) is 8.14. The molecule has 0 aliphatic carbocycles. The maximum Gasteiger partial charge on any atom is 0.263 e. The molecule has 27 heavy (non-hydrogen) atoms. The molecule has 0 spiro atoms. The van der Waals surface area contributed by atoms with Gasteiger partial charge in [0, 0.05) is 30.1 Å². The number of halogens is 1. The number of ether oxygens (including phenoxy) is 1. The van der Waals surface area contributed by atoms with E-state index < -0.39 is 11.7 Å². The zero-order valence-electron chi connectivity index (χ0n) is 13.4. The van der Waals surface area contributed by atoms with Crippen LogP contribution in [0.1, 0.15) is 20.7 Å². The lowest BCUT2D eigenvalue weighted by Gasteiger charge is -2.09. The number of ketones is 1. The summed E-state index contributed by atoms with van der Waals surface area (Å²) >= 11 is 6.01. The molecular weight excluding hydrogens is 374 g/mol. The predicted molar refractivity (Wildman–Crippen MR) is 93.9 cm³/mol. The van der Waals surface area contributed by atoms with Gasteiger partial charge in [0.05, 0.1) is 5.56 Å². The Morgan fingerprint density at radius 1 is 1.26 bits per heavy atom. The van der Waals surface area contributed by atoms with Gasteiger partial charge in [0.2, 0.25) is 5.88 Å². The second-order valence-corrected chi connectivity index (χ2v) is 5.59. The van der Waals surface area contributed by atoms with E-state index >= 15 is 0 Å². The van der Waals surface area contributed by atoms with E-state index in [4.69, 9.17) is 21.6 Å². The van der Waals surface area contributed by atoms with E-state index in [0.29, 0.717) is 5.82 Å². The Balaban J connectivity index is 1.83. The van der Waals surface area contributed by atoms with Gasteiger partial charge in [-0.3, -0.25) is 14.7 Å². The Bertz CT molecular complexity index is 1060. The number of aromatic hydroxyl groups is 1. The highest BCUT2D eigenvalue weighted by atomic mass is 35.5. The largest absolute Gasteiger partial charge is 0.508 e. The van der Waals surface area contributed by atoms with E-state index in [-0.39, 0.29) is 33.5 Å². The molecule has 0 saturated heterocycles. The van der Waals surface area contributed by atoms with Crippen molar-refractivity contribution in [2.75, 3.05) is 5.32 Å². The third-order valence-electron chi connectivity index (χ3n) is 3.28. The topological polar surface area (TPSA) is 141 Å². The van der Waals surface area contributed by atoms with Crippen LogP contribution in [0.4, 0.5) is 5.82 Å². The van der Waals surface area contributed by atoms with Crippen molar-refractivity contribution in [2.24, 2.45) is 0 Å². The number of phenolic OH excluding ortho intramolecular Hbond substituents is 1. The first-order valence-corrected chi connectivity index (χ1v) is 7.77. The number of H-pyrrole nitrogens is 1. The van der Waals surface area contributed by atoms with Crippen LogP contribution >= 0.6 is 11.6 Å². The molecule has 134 valence electrons. The lowest BCUT2D eigenvalue weighted by Crippen LogP contribution is -2.12. The summed E-state index contributed by atoms with van der Waals surface area (Å²) in [5, 5.41) is 27.4. The minimum Gasteiger partial charge on any atom is -0.508 e. The highest BCUT2D eigenvalue weighted by Gasteiger charge is 2.14. The monoisotopic (exact) mass is 383 g/mol. The lowest BCUT2D eigenvalue weighted by molar-refractivity contribution is 0.102. The average Bonchev–Trinajstić information content (AvgIpc) is 3.15. The molecule has 2 heterocycles. The third kappa shape index (κ3) is 4.20. The Labute approximate surface area is 157 Å². The minimum absolute atomic E-state index is 0.0121. The Morgan fingerprint density at radius 2 is 2.07 bits per heavy atom. The van der Waals surface area contributed by atoms with E-state index in [2.05, 4.69) is 20.5 Å². The summed E-state index contributed by atoms with van der Waals surface area (Å²) in [7, 11) is 0. The van der Waals surface area contributed by atoms with Crippen molar-refractivity contribution in [1.29, 1.82) is 5.26 Å². The number of pyridine rings is 1. The summed E-state index contributed by atoms with van der Waals surface area (Å²) in [6.45, 7) is 0. The molecule has 0 saturated carbocycles. The first-order chi connectivity index (χ1) is 13.0. The van der Waals surface area contributed by atoms with Crippen molar-refractivity contribution in [2.45, 2.75) is 0 Å². The number of hydrogen-bond donors (Lipinski definition) is 3. The smallest absolute Gasteiger partial charge is 0.263 e. The molecule has 1 amide bonds. The van der Waals surface area contributed by atoms with Crippen molar-refractivity contribution in [1.82, 2.24) is 15.2 Å². The summed E-state index contributed by atoms with van der Waals surface area (Å²) < 4.78 is 5.49. The number of rotatable bonds is 5. The van der Waals surface area contributed by atoms with Gasteiger partial charge in [-0.1, -0.05) is 11.6 Å². The molecule has 10 heteroatoms. The van der Waals surface area contributed by atoms with Crippen molar-refractivity contribution in [3.8, 4) is 23.4 Å². The van der Waals surface area contributed by atoms with Crippen LogP contribution < -0.4 is 10.1 Å². The minimum atomic E-state index is -0.786. The number of carbonyl (C=O) groups is 2. The molecule has 0 radical (unpaired) electrons. The normalized spacial score (nSPS) is 10.1. The Hall–Kier alpha value is -3.90. The average molecular weight is 384 g/mol. The second kappa shape index (κ2) is 7.55. The molecule has 0 atom stereocenters. The lowest BCUT2D eigenvalue weighted by atomic mass is 10.2. The molecule has 1 aromatic carbocycles. The van der Waals surface area contributed by atoms with Crippen LogP contribution in [-0.4, -0.2) is 32.0 Å². The number of nitrogens with one attached hydrogen (secondary N) is 2. The van der Waals surface area contributed by atoms with Crippen LogP contribution in [0, 0.1) is 11.3 Å². The van der Waals surface area contributed by atoms with Gasteiger partial charge in [-0.15, -0.1) is 0 Å². The van der Waals surface area contributed by atoms with E-state index in [1.54, 1.807) is 12.3 Å².